The van der Waals surface area contributed by atoms with Crippen LogP contribution in [0.1, 0.15) is 59.8 Å². The fourth-order valence-corrected chi connectivity index (χ4v) is 2.50. The van der Waals surface area contributed by atoms with Crippen LogP contribution in [0.15, 0.2) is 22.3 Å². The Morgan fingerprint density at radius 1 is 1.06 bits per heavy atom. The van der Waals surface area contributed by atoms with Crippen molar-refractivity contribution in [3.05, 3.63) is 22.3 Å². The van der Waals surface area contributed by atoms with Crippen molar-refractivity contribution in [3.63, 3.8) is 0 Å². The first-order chi connectivity index (χ1) is 7.57. The molecule has 1 N–H and O–H groups in total. The lowest BCUT2D eigenvalue weighted by Crippen LogP contribution is -2.05. The van der Waals surface area contributed by atoms with Gasteiger partial charge >= 0.3 is 0 Å². The van der Waals surface area contributed by atoms with Crippen LogP contribution >= 0.6 is 0 Å². The summed E-state index contributed by atoms with van der Waals surface area (Å²) in [6.07, 6.45) is 6.23. The quantitative estimate of drug-likeness (QED) is 0.704. The summed E-state index contributed by atoms with van der Waals surface area (Å²) in [4.78, 5) is 0. The summed E-state index contributed by atoms with van der Waals surface area (Å²) in [5.74, 6) is 0.688. The summed E-state index contributed by atoms with van der Waals surface area (Å²) in [7, 11) is 0. The van der Waals surface area contributed by atoms with Gasteiger partial charge < -0.3 is 5.11 Å². The van der Waals surface area contributed by atoms with Gasteiger partial charge in [0, 0.05) is 0 Å². The van der Waals surface area contributed by atoms with E-state index in [1.807, 2.05) is 0 Å². The van der Waals surface area contributed by atoms with Crippen molar-refractivity contribution >= 4 is 0 Å². The number of aliphatic hydroxyl groups excluding tert-OH is 1. The third-order valence-corrected chi connectivity index (χ3v) is 4.23. The molecule has 1 nitrogen and oxygen atoms in total. The molecule has 0 saturated heterocycles. The van der Waals surface area contributed by atoms with Gasteiger partial charge in [-0.2, -0.15) is 0 Å². The molecule has 0 amide bonds. The zero-order valence-corrected chi connectivity index (χ0v) is 11.3. The normalized spacial score (nSPS) is 33.9. The average Bonchev–Trinajstić information content (AvgIpc) is 2.29. The topological polar surface area (TPSA) is 20.2 Å². The summed E-state index contributed by atoms with van der Waals surface area (Å²) >= 11 is 0. The van der Waals surface area contributed by atoms with Crippen molar-refractivity contribution in [2.24, 2.45) is 5.92 Å². The first-order valence-corrected chi connectivity index (χ1v) is 6.55. The van der Waals surface area contributed by atoms with E-state index in [4.69, 9.17) is 0 Å². The molecule has 1 rings (SSSR count). The lowest BCUT2D eigenvalue weighted by atomic mass is 9.86. The molecule has 1 unspecified atom stereocenters. The number of hydrogen-bond acceptors (Lipinski definition) is 1. The second-order valence-corrected chi connectivity index (χ2v) is 5.20. The molecule has 0 aromatic rings. The van der Waals surface area contributed by atoms with Gasteiger partial charge in [-0.1, -0.05) is 25.3 Å². The number of aliphatic hydroxyl groups is 1. The summed E-state index contributed by atoms with van der Waals surface area (Å²) in [5, 5.41) is 9.43. The van der Waals surface area contributed by atoms with Crippen LogP contribution in [-0.4, -0.2) is 11.7 Å². The predicted octanol–water partition coefficient (Wildman–Crippen LogP) is 4.23. The molecule has 1 atom stereocenters. The Morgan fingerprint density at radius 3 is 2.38 bits per heavy atom. The Bertz CT molecular complexity index is 285. The Balaban J connectivity index is 3.07. The molecule has 0 spiro atoms. The second-order valence-electron chi connectivity index (χ2n) is 5.20. The maximum Gasteiger partial charge on any atom is 0.0647 e. The molecule has 0 saturated carbocycles. The maximum absolute atomic E-state index is 9.43. The Kier molecular flexibility index (Phi) is 5.27. The minimum Gasteiger partial charge on any atom is -0.392 e. The van der Waals surface area contributed by atoms with Gasteiger partial charge in [-0.3, -0.25) is 0 Å². The summed E-state index contributed by atoms with van der Waals surface area (Å²) < 4.78 is 0. The summed E-state index contributed by atoms with van der Waals surface area (Å²) in [5.41, 5.74) is 5.48. The van der Waals surface area contributed by atoms with Crippen LogP contribution < -0.4 is 0 Å². The second kappa shape index (κ2) is 6.24. The van der Waals surface area contributed by atoms with E-state index in [9.17, 15) is 5.11 Å². The first-order valence-electron chi connectivity index (χ1n) is 6.55. The number of rotatable bonds is 1. The van der Waals surface area contributed by atoms with E-state index in [-0.39, 0.29) is 6.61 Å². The molecule has 1 heteroatoms. The molecule has 0 aliphatic heterocycles. The zero-order chi connectivity index (χ0) is 12.1. The predicted molar refractivity (Wildman–Crippen MR) is 70.4 cm³/mol. The fourth-order valence-electron chi connectivity index (χ4n) is 2.50. The number of allylic oxidation sites excluding steroid dienone is 3. The van der Waals surface area contributed by atoms with Crippen LogP contribution in [0.4, 0.5) is 0 Å². The van der Waals surface area contributed by atoms with Gasteiger partial charge in [0.15, 0.2) is 0 Å². The minimum absolute atomic E-state index is 0.227. The van der Waals surface area contributed by atoms with Crippen molar-refractivity contribution in [1.82, 2.24) is 0 Å². The average molecular weight is 222 g/mol. The van der Waals surface area contributed by atoms with Crippen molar-refractivity contribution in [1.29, 1.82) is 0 Å². The Hall–Kier alpha value is -0.560. The van der Waals surface area contributed by atoms with E-state index < -0.39 is 0 Å². The first kappa shape index (κ1) is 13.5. The molecule has 1 aliphatic carbocycles. The molecule has 16 heavy (non-hydrogen) atoms. The lowest BCUT2D eigenvalue weighted by molar-refractivity contribution is 0.323. The highest BCUT2D eigenvalue weighted by Crippen LogP contribution is 2.29. The van der Waals surface area contributed by atoms with E-state index in [0.29, 0.717) is 5.92 Å². The Labute approximate surface area is 100 Å². The zero-order valence-electron chi connectivity index (χ0n) is 11.3. The van der Waals surface area contributed by atoms with Crippen molar-refractivity contribution in [2.45, 2.75) is 59.8 Å². The van der Waals surface area contributed by atoms with Crippen LogP contribution in [0, 0.1) is 5.92 Å². The molecule has 0 heterocycles. The minimum atomic E-state index is 0.227. The van der Waals surface area contributed by atoms with Gasteiger partial charge in [0.1, 0.15) is 0 Å². The largest absolute Gasteiger partial charge is 0.392 e. The van der Waals surface area contributed by atoms with Gasteiger partial charge in [0.25, 0.3) is 0 Å². The molecule has 0 aromatic heterocycles. The molecular weight excluding hydrogens is 196 g/mol. The molecule has 1 aliphatic rings. The molecule has 0 bridgehead atoms. The number of hydrogen-bond donors (Lipinski definition) is 1. The van der Waals surface area contributed by atoms with Crippen LogP contribution in [0.25, 0.3) is 0 Å². The van der Waals surface area contributed by atoms with E-state index >= 15 is 0 Å². The standard InChI is InChI=1S/C15H26O/c1-11-8-6-5-7-9-15(10-16)14(4)13(3)12(11)2/h11,16H,5-10H2,1-4H3/b13-12-,15-14+. The third-order valence-electron chi connectivity index (χ3n) is 4.23. The molecule has 0 fully saturated rings. The van der Waals surface area contributed by atoms with Crippen LogP contribution in [0.2, 0.25) is 0 Å². The van der Waals surface area contributed by atoms with Gasteiger partial charge in [-0.15, -0.1) is 0 Å². The third kappa shape index (κ3) is 3.21. The van der Waals surface area contributed by atoms with Crippen LogP contribution in [-0.2, 0) is 0 Å². The van der Waals surface area contributed by atoms with Crippen molar-refractivity contribution in [3.8, 4) is 0 Å². The molecule has 0 radical (unpaired) electrons. The van der Waals surface area contributed by atoms with E-state index in [2.05, 4.69) is 27.7 Å². The van der Waals surface area contributed by atoms with Gasteiger partial charge in [0.2, 0.25) is 0 Å². The lowest BCUT2D eigenvalue weighted by Gasteiger charge is -2.20. The highest BCUT2D eigenvalue weighted by atomic mass is 16.3. The van der Waals surface area contributed by atoms with Gasteiger partial charge in [0.05, 0.1) is 6.61 Å². The van der Waals surface area contributed by atoms with E-state index in [1.165, 1.54) is 48.0 Å². The van der Waals surface area contributed by atoms with E-state index in [0.717, 1.165) is 6.42 Å². The van der Waals surface area contributed by atoms with Crippen LogP contribution in [0.5, 0.6) is 0 Å². The molecular formula is C15H26O. The monoisotopic (exact) mass is 222 g/mol. The Morgan fingerprint density at radius 2 is 1.75 bits per heavy atom. The smallest absolute Gasteiger partial charge is 0.0647 e. The SMILES string of the molecule is CC1=C(\C)C(C)CCCCC/C(CO)=C\1C. The van der Waals surface area contributed by atoms with Gasteiger partial charge in [-0.25, -0.2) is 0 Å². The van der Waals surface area contributed by atoms with Crippen LogP contribution in [0.3, 0.4) is 0 Å². The van der Waals surface area contributed by atoms with Gasteiger partial charge in [-0.05, 0) is 62.7 Å². The summed E-state index contributed by atoms with van der Waals surface area (Å²) in [6, 6.07) is 0. The highest BCUT2D eigenvalue weighted by Gasteiger charge is 2.12. The summed E-state index contributed by atoms with van der Waals surface area (Å²) in [6.45, 7) is 9.18. The van der Waals surface area contributed by atoms with Crippen molar-refractivity contribution in [2.75, 3.05) is 6.61 Å². The van der Waals surface area contributed by atoms with E-state index in [1.54, 1.807) is 0 Å². The highest BCUT2D eigenvalue weighted by molar-refractivity contribution is 5.36. The molecule has 92 valence electrons. The van der Waals surface area contributed by atoms with Crippen molar-refractivity contribution < 1.29 is 5.11 Å². The fraction of sp³-hybridized carbons (Fsp3) is 0.733. The maximum atomic E-state index is 9.43. The molecule has 0 aromatic carbocycles.